The fourth-order valence-corrected chi connectivity index (χ4v) is 5.52. The lowest BCUT2D eigenvalue weighted by atomic mass is 9.95. The molecule has 1 saturated heterocycles. The van der Waals surface area contributed by atoms with Crippen molar-refractivity contribution in [1.82, 2.24) is 9.97 Å². The Balaban J connectivity index is 1.34. The van der Waals surface area contributed by atoms with E-state index in [0.29, 0.717) is 10.9 Å². The Labute approximate surface area is 183 Å². The van der Waals surface area contributed by atoms with Gasteiger partial charge in [0.25, 0.3) is 0 Å². The summed E-state index contributed by atoms with van der Waals surface area (Å²) < 4.78 is 16.2. The van der Waals surface area contributed by atoms with E-state index in [2.05, 4.69) is 26.3 Å². The molecule has 0 spiro atoms. The van der Waals surface area contributed by atoms with E-state index in [0.717, 1.165) is 52.4 Å². The maximum absolute atomic E-state index is 14.4. The quantitative estimate of drug-likeness (QED) is 0.465. The molecule has 0 saturated carbocycles. The Hall–Kier alpha value is -3.06. The second kappa shape index (κ2) is 7.89. The van der Waals surface area contributed by atoms with Gasteiger partial charge in [-0.1, -0.05) is 23.8 Å². The van der Waals surface area contributed by atoms with E-state index in [1.165, 1.54) is 29.3 Å². The lowest BCUT2D eigenvalue weighted by Gasteiger charge is -2.32. The summed E-state index contributed by atoms with van der Waals surface area (Å²) in [5.41, 5.74) is 3.80. The summed E-state index contributed by atoms with van der Waals surface area (Å²) in [4.78, 5) is 23.9. The number of halogens is 1. The average Bonchev–Trinajstić information content (AvgIpc) is 3.16. The lowest BCUT2D eigenvalue weighted by molar-refractivity contribution is -0.120. The van der Waals surface area contributed by atoms with Crippen molar-refractivity contribution in [1.29, 1.82) is 0 Å². The molecule has 0 aliphatic carbocycles. The van der Waals surface area contributed by atoms with E-state index in [1.807, 2.05) is 32.0 Å². The van der Waals surface area contributed by atoms with Crippen molar-refractivity contribution in [2.75, 3.05) is 23.3 Å². The van der Waals surface area contributed by atoms with Crippen molar-refractivity contribution in [2.24, 2.45) is 5.92 Å². The largest absolute Gasteiger partial charge is 0.355 e. The number of carbonyl (C=O) groups excluding carboxylic acids is 1. The molecule has 4 aromatic rings. The number of benzene rings is 2. The number of aromatic nitrogens is 2. The molecule has 0 bridgehead atoms. The van der Waals surface area contributed by atoms with Crippen LogP contribution in [-0.4, -0.2) is 29.0 Å². The Bertz CT molecular complexity index is 1290. The minimum atomic E-state index is -0.254. The summed E-state index contributed by atoms with van der Waals surface area (Å²) in [6.07, 6.45) is 3.01. The van der Waals surface area contributed by atoms with Gasteiger partial charge >= 0.3 is 0 Å². The van der Waals surface area contributed by atoms with Crippen LogP contribution < -0.4 is 10.2 Å². The van der Waals surface area contributed by atoms with Crippen molar-refractivity contribution in [2.45, 2.75) is 26.7 Å². The van der Waals surface area contributed by atoms with Gasteiger partial charge in [0.05, 0.1) is 15.6 Å². The van der Waals surface area contributed by atoms with Gasteiger partial charge in [-0.25, -0.2) is 14.4 Å². The Kier molecular flexibility index (Phi) is 5.06. The molecule has 7 heteroatoms. The smallest absolute Gasteiger partial charge is 0.227 e. The molecule has 0 radical (unpaired) electrons. The minimum Gasteiger partial charge on any atom is -0.355 e. The number of nitrogens with zero attached hydrogens (tertiary/aromatic N) is 3. The third kappa shape index (κ3) is 3.63. The third-order valence-corrected chi connectivity index (χ3v) is 7.15. The molecule has 3 heterocycles. The molecule has 1 N–H and O–H groups in total. The fraction of sp³-hybridized carbons (Fsp3) is 0.292. The van der Waals surface area contributed by atoms with E-state index in [1.54, 1.807) is 6.07 Å². The molecular weight excluding hydrogens is 411 g/mol. The first-order chi connectivity index (χ1) is 15.0. The molecule has 1 aliphatic rings. The van der Waals surface area contributed by atoms with Gasteiger partial charge in [-0.3, -0.25) is 4.79 Å². The van der Waals surface area contributed by atoms with Gasteiger partial charge < -0.3 is 10.2 Å². The number of amides is 1. The summed E-state index contributed by atoms with van der Waals surface area (Å²) in [6, 6.07) is 11.2. The summed E-state index contributed by atoms with van der Waals surface area (Å²) in [6.45, 7) is 5.52. The van der Waals surface area contributed by atoms with Gasteiger partial charge in [0.15, 0.2) is 0 Å². The summed E-state index contributed by atoms with van der Waals surface area (Å²) in [5.74, 6) is 0.617. The first-order valence-electron chi connectivity index (χ1n) is 10.5. The Morgan fingerprint density at radius 1 is 1.16 bits per heavy atom. The van der Waals surface area contributed by atoms with Gasteiger partial charge in [0, 0.05) is 29.4 Å². The van der Waals surface area contributed by atoms with Crippen LogP contribution in [0.5, 0.6) is 0 Å². The predicted molar refractivity (Wildman–Crippen MR) is 124 cm³/mol. The summed E-state index contributed by atoms with van der Waals surface area (Å²) >= 11 is 1.52. The molecule has 2 aromatic heterocycles. The Morgan fingerprint density at radius 3 is 2.74 bits per heavy atom. The second-order valence-electron chi connectivity index (χ2n) is 8.16. The highest BCUT2D eigenvalue weighted by atomic mass is 32.1. The average molecular weight is 435 g/mol. The number of anilines is 2. The van der Waals surface area contributed by atoms with Crippen LogP contribution in [-0.2, 0) is 4.79 Å². The van der Waals surface area contributed by atoms with Crippen LogP contribution in [0.4, 0.5) is 15.9 Å². The number of carbonyl (C=O) groups is 1. The monoisotopic (exact) mass is 434 g/mol. The zero-order valence-electron chi connectivity index (χ0n) is 17.5. The van der Waals surface area contributed by atoms with E-state index < -0.39 is 0 Å². The molecule has 2 aromatic carbocycles. The normalized spacial score (nSPS) is 15.0. The van der Waals surface area contributed by atoms with Gasteiger partial charge in [-0.2, -0.15) is 0 Å². The zero-order chi connectivity index (χ0) is 21.5. The molecular formula is C24H23FN4OS. The van der Waals surface area contributed by atoms with Crippen LogP contribution in [0.2, 0.25) is 0 Å². The molecule has 5 rings (SSSR count). The maximum atomic E-state index is 14.4. The van der Waals surface area contributed by atoms with E-state index in [9.17, 15) is 9.18 Å². The van der Waals surface area contributed by atoms with Crippen LogP contribution in [0.15, 0.2) is 42.7 Å². The van der Waals surface area contributed by atoms with Crippen molar-refractivity contribution >= 4 is 49.1 Å². The predicted octanol–water partition coefficient (Wildman–Crippen LogP) is 5.46. The number of thiophene rings is 1. The third-order valence-electron chi connectivity index (χ3n) is 6.01. The first kappa shape index (κ1) is 19.9. The SMILES string of the molecule is Cc1ccc(NC(=O)C2CCN(c3ncnc4c3sc3cccc(F)c34)CC2)c(C)c1. The number of rotatable bonds is 3. The molecule has 0 atom stereocenters. The highest BCUT2D eigenvalue weighted by Gasteiger charge is 2.27. The standard InChI is InChI=1S/C24H23FN4OS/c1-14-6-7-18(15(2)12-14)28-24(30)16-8-10-29(11-9-16)23-22-21(26-13-27-23)20-17(25)4-3-5-19(20)31-22/h3-7,12-13,16H,8-11H2,1-2H3,(H,28,30). The van der Waals surface area contributed by atoms with Crippen molar-refractivity contribution in [3.63, 3.8) is 0 Å². The van der Waals surface area contributed by atoms with E-state index >= 15 is 0 Å². The van der Waals surface area contributed by atoms with Gasteiger partial charge in [-0.15, -0.1) is 11.3 Å². The molecule has 1 amide bonds. The number of nitrogens with one attached hydrogen (secondary N) is 1. The van der Waals surface area contributed by atoms with Crippen LogP contribution in [0.25, 0.3) is 20.3 Å². The fourth-order valence-electron chi connectivity index (χ4n) is 4.33. The second-order valence-corrected chi connectivity index (χ2v) is 9.21. The van der Waals surface area contributed by atoms with Gasteiger partial charge in [-0.05, 0) is 50.5 Å². The topological polar surface area (TPSA) is 58.1 Å². The van der Waals surface area contributed by atoms with Crippen molar-refractivity contribution in [3.8, 4) is 0 Å². The van der Waals surface area contributed by atoms with Crippen LogP contribution in [0, 0.1) is 25.6 Å². The highest BCUT2D eigenvalue weighted by molar-refractivity contribution is 7.26. The lowest BCUT2D eigenvalue weighted by Crippen LogP contribution is -2.38. The molecule has 0 unspecified atom stereocenters. The Morgan fingerprint density at radius 2 is 1.97 bits per heavy atom. The van der Waals surface area contributed by atoms with E-state index in [4.69, 9.17) is 0 Å². The van der Waals surface area contributed by atoms with Crippen molar-refractivity contribution in [3.05, 3.63) is 59.7 Å². The molecule has 1 aliphatic heterocycles. The van der Waals surface area contributed by atoms with Crippen LogP contribution in [0.1, 0.15) is 24.0 Å². The number of piperidine rings is 1. The number of hydrogen-bond acceptors (Lipinski definition) is 5. The molecule has 158 valence electrons. The van der Waals surface area contributed by atoms with Gasteiger partial charge in [0.1, 0.15) is 18.0 Å². The zero-order valence-corrected chi connectivity index (χ0v) is 18.3. The molecule has 31 heavy (non-hydrogen) atoms. The van der Waals surface area contributed by atoms with Crippen LogP contribution in [0.3, 0.4) is 0 Å². The highest BCUT2D eigenvalue weighted by Crippen LogP contribution is 2.39. The van der Waals surface area contributed by atoms with Crippen LogP contribution >= 0.6 is 11.3 Å². The number of fused-ring (bicyclic) bond motifs is 3. The van der Waals surface area contributed by atoms with Gasteiger partial charge in [0.2, 0.25) is 5.91 Å². The number of hydrogen-bond donors (Lipinski definition) is 1. The van der Waals surface area contributed by atoms with E-state index in [-0.39, 0.29) is 17.6 Å². The first-order valence-corrected chi connectivity index (χ1v) is 11.3. The summed E-state index contributed by atoms with van der Waals surface area (Å²) in [7, 11) is 0. The molecule has 1 fully saturated rings. The summed E-state index contributed by atoms with van der Waals surface area (Å²) in [5, 5.41) is 3.66. The molecule has 5 nitrogen and oxygen atoms in total. The number of aryl methyl sites for hydroxylation is 2. The minimum absolute atomic E-state index is 0.0332. The van der Waals surface area contributed by atoms with Crippen molar-refractivity contribution < 1.29 is 9.18 Å². The maximum Gasteiger partial charge on any atom is 0.227 e.